The van der Waals surface area contributed by atoms with E-state index in [-0.39, 0.29) is 22.1 Å². The van der Waals surface area contributed by atoms with Crippen LogP contribution in [0.1, 0.15) is 16.7 Å². The molecule has 0 aliphatic carbocycles. The first-order valence-corrected chi connectivity index (χ1v) is 8.87. The number of hydrogen-bond donors (Lipinski definition) is 0. The number of thioether (sulfide) groups is 1. The summed E-state index contributed by atoms with van der Waals surface area (Å²) >= 11 is 1.12. The van der Waals surface area contributed by atoms with Crippen LogP contribution < -0.4 is 4.90 Å². The molecule has 2 aromatic carbocycles. The molecule has 134 valence electrons. The van der Waals surface area contributed by atoms with Crippen LogP contribution in [-0.2, 0) is 9.59 Å². The van der Waals surface area contributed by atoms with E-state index < -0.39 is 10.8 Å². The van der Waals surface area contributed by atoms with Gasteiger partial charge in [-0.2, -0.15) is 0 Å². The average molecular weight is 379 g/mol. The Morgan fingerprint density at radius 2 is 1.81 bits per heavy atom. The maximum atomic E-state index is 12.7. The molecular formula is C19H13N3O4S. The molecule has 2 heterocycles. The van der Waals surface area contributed by atoms with Crippen LogP contribution in [0.25, 0.3) is 5.57 Å². The summed E-state index contributed by atoms with van der Waals surface area (Å²) in [5.74, 6) is -0.881. The van der Waals surface area contributed by atoms with Crippen molar-refractivity contribution in [1.82, 2.24) is 0 Å². The molecular weight excluding hydrogens is 366 g/mol. The minimum absolute atomic E-state index is 0.134. The van der Waals surface area contributed by atoms with E-state index in [1.165, 1.54) is 23.1 Å². The van der Waals surface area contributed by atoms with Crippen LogP contribution in [0.3, 0.4) is 0 Å². The number of hydrogen-bond acceptors (Lipinski definition) is 5. The number of fused-ring (bicyclic) bond motifs is 1. The fourth-order valence-electron chi connectivity index (χ4n) is 3.03. The van der Waals surface area contributed by atoms with Crippen molar-refractivity contribution < 1.29 is 14.5 Å². The lowest BCUT2D eigenvalue weighted by Gasteiger charge is -2.08. The smallest absolute Gasteiger partial charge is 0.285 e. The van der Waals surface area contributed by atoms with Crippen molar-refractivity contribution in [3.8, 4) is 0 Å². The lowest BCUT2D eigenvalue weighted by atomic mass is 10.1. The van der Waals surface area contributed by atoms with Gasteiger partial charge in [0, 0.05) is 30.3 Å². The second kappa shape index (κ2) is 6.17. The van der Waals surface area contributed by atoms with Crippen LogP contribution in [0, 0.1) is 17.0 Å². The minimum atomic E-state index is -0.525. The van der Waals surface area contributed by atoms with Crippen molar-refractivity contribution in [2.24, 2.45) is 4.99 Å². The van der Waals surface area contributed by atoms with Crippen molar-refractivity contribution in [2.45, 2.75) is 6.92 Å². The van der Waals surface area contributed by atoms with Crippen LogP contribution in [0.2, 0.25) is 0 Å². The van der Waals surface area contributed by atoms with Crippen LogP contribution >= 0.6 is 11.8 Å². The SMILES string of the molecule is Cc1ccc(C2=NC(=O)/C(=C3/C(=O)N(C)c4ccc([N+](=O)[O-])cc43)S2)cc1. The predicted octanol–water partition coefficient (Wildman–Crippen LogP) is 3.31. The molecule has 4 rings (SSSR count). The maximum Gasteiger partial charge on any atom is 0.285 e. The van der Waals surface area contributed by atoms with Crippen molar-refractivity contribution in [3.63, 3.8) is 0 Å². The Balaban J connectivity index is 1.81. The van der Waals surface area contributed by atoms with Gasteiger partial charge in [0.2, 0.25) is 0 Å². The number of amides is 2. The largest absolute Gasteiger partial charge is 0.311 e. The Bertz CT molecular complexity index is 1090. The van der Waals surface area contributed by atoms with Crippen LogP contribution in [0.4, 0.5) is 11.4 Å². The van der Waals surface area contributed by atoms with Crippen LogP contribution in [0.5, 0.6) is 0 Å². The van der Waals surface area contributed by atoms with Gasteiger partial charge >= 0.3 is 0 Å². The number of aryl methyl sites for hydroxylation is 1. The van der Waals surface area contributed by atoms with Gasteiger partial charge in [0.05, 0.1) is 21.1 Å². The van der Waals surface area contributed by atoms with Gasteiger partial charge in [-0.1, -0.05) is 41.6 Å². The number of non-ortho nitro benzene ring substituents is 1. The Hall–Kier alpha value is -3.26. The van der Waals surface area contributed by atoms with Crippen LogP contribution in [-0.4, -0.2) is 28.8 Å². The molecule has 0 bridgehead atoms. The highest BCUT2D eigenvalue weighted by atomic mass is 32.2. The molecule has 8 heteroatoms. The van der Waals surface area contributed by atoms with Gasteiger partial charge in [-0.3, -0.25) is 19.7 Å². The molecule has 0 aromatic heterocycles. The Kier molecular flexibility index (Phi) is 3.92. The van der Waals surface area contributed by atoms with Gasteiger partial charge < -0.3 is 4.90 Å². The number of nitro benzene ring substituents is 1. The van der Waals surface area contributed by atoms with E-state index in [0.717, 1.165) is 22.9 Å². The summed E-state index contributed by atoms with van der Waals surface area (Å²) in [6, 6.07) is 11.8. The highest BCUT2D eigenvalue weighted by Gasteiger charge is 2.38. The molecule has 0 radical (unpaired) electrons. The molecule has 0 atom stereocenters. The third kappa shape index (κ3) is 2.74. The first-order chi connectivity index (χ1) is 12.9. The molecule has 0 saturated heterocycles. The molecule has 2 aliphatic rings. The third-order valence-electron chi connectivity index (χ3n) is 4.46. The predicted molar refractivity (Wildman–Crippen MR) is 104 cm³/mol. The highest BCUT2D eigenvalue weighted by Crippen LogP contribution is 2.44. The summed E-state index contributed by atoms with van der Waals surface area (Å²) in [6.07, 6.45) is 0. The normalized spacial score (nSPS) is 18.7. The Morgan fingerprint density at radius 3 is 2.48 bits per heavy atom. The quantitative estimate of drug-likeness (QED) is 0.453. The fourth-order valence-corrected chi connectivity index (χ4v) is 4.03. The average Bonchev–Trinajstić information content (AvgIpc) is 3.13. The van der Waals surface area contributed by atoms with E-state index in [1.807, 2.05) is 31.2 Å². The second-order valence-electron chi connectivity index (χ2n) is 6.22. The minimum Gasteiger partial charge on any atom is -0.311 e. The summed E-state index contributed by atoms with van der Waals surface area (Å²) in [7, 11) is 1.58. The van der Waals surface area contributed by atoms with Crippen molar-refractivity contribution >= 4 is 45.6 Å². The van der Waals surface area contributed by atoms with Gasteiger partial charge in [0.15, 0.2) is 0 Å². The molecule has 0 N–H and O–H groups in total. The third-order valence-corrected chi connectivity index (χ3v) is 5.57. The van der Waals surface area contributed by atoms with E-state index in [1.54, 1.807) is 7.05 Å². The zero-order valence-electron chi connectivity index (χ0n) is 14.4. The summed E-state index contributed by atoms with van der Waals surface area (Å²) in [5, 5.41) is 11.6. The number of rotatable bonds is 2. The lowest BCUT2D eigenvalue weighted by molar-refractivity contribution is -0.384. The lowest BCUT2D eigenvalue weighted by Crippen LogP contribution is -2.21. The molecule has 0 unspecified atom stereocenters. The number of nitro groups is 1. The molecule has 0 fully saturated rings. The molecule has 7 nitrogen and oxygen atoms in total. The monoisotopic (exact) mass is 379 g/mol. The number of nitrogens with zero attached hydrogens (tertiary/aromatic N) is 3. The van der Waals surface area contributed by atoms with Gasteiger partial charge in [-0.25, -0.2) is 4.99 Å². The second-order valence-corrected chi connectivity index (χ2v) is 7.22. The summed E-state index contributed by atoms with van der Waals surface area (Å²) in [6.45, 7) is 1.96. The van der Waals surface area contributed by atoms with Gasteiger partial charge in [-0.05, 0) is 13.0 Å². The number of likely N-dealkylation sites (N-methyl/N-ethyl adjacent to an activating group) is 1. The van der Waals surface area contributed by atoms with E-state index >= 15 is 0 Å². The number of aliphatic imine (C=N–C) groups is 1. The van der Waals surface area contributed by atoms with Crippen molar-refractivity contribution in [3.05, 3.63) is 74.2 Å². The topological polar surface area (TPSA) is 92.9 Å². The molecule has 27 heavy (non-hydrogen) atoms. The molecule has 0 saturated carbocycles. The molecule has 2 aromatic rings. The standard InChI is InChI=1S/C19H13N3O4S/c1-10-3-5-11(6-4-10)18-20-17(23)16(27-18)15-13-9-12(22(25)26)7-8-14(13)21(2)19(15)24/h3-9H,1-2H3/b16-15-. The number of carbonyl (C=O) groups excluding carboxylic acids is 2. The molecule has 2 aliphatic heterocycles. The Labute approximate surface area is 158 Å². The van der Waals surface area contributed by atoms with Gasteiger partial charge in [0.1, 0.15) is 5.04 Å². The fraction of sp³-hybridized carbons (Fsp3) is 0.105. The van der Waals surface area contributed by atoms with Crippen molar-refractivity contribution in [2.75, 3.05) is 11.9 Å². The summed E-state index contributed by atoms with van der Waals surface area (Å²) in [5.41, 5.74) is 2.81. The van der Waals surface area contributed by atoms with Gasteiger partial charge in [0.25, 0.3) is 17.5 Å². The summed E-state index contributed by atoms with van der Waals surface area (Å²) in [4.78, 5) is 41.5. The first kappa shape index (κ1) is 17.2. The highest BCUT2D eigenvalue weighted by molar-refractivity contribution is 8.19. The number of benzene rings is 2. The maximum absolute atomic E-state index is 12.7. The van der Waals surface area contributed by atoms with E-state index in [9.17, 15) is 19.7 Å². The molecule has 2 amide bonds. The molecule has 0 spiro atoms. The first-order valence-electron chi connectivity index (χ1n) is 8.06. The zero-order valence-corrected chi connectivity index (χ0v) is 15.2. The number of carbonyl (C=O) groups is 2. The van der Waals surface area contributed by atoms with Crippen molar-refractivity contribution in [1.29, 1.82) is 0 Å². The van der Waals surface area contributed by atoms with Crippen LogP contribution in [0.15, 0.2) is 52.4 Å². The van der Waals surface area contributed by atoms with Gasteiger partial charge in [-0.15, -0.1) is 0 Å². The number of anilines is 1. The van der Waals surface area contributed by atoms with E-state index in [2.05, 4.69) is 4.99 Å². The van der Waals surface area contributed by atoms with E-state index in [0.29, 0.717) is 16.3 Å². The summed E-state index contributed by atoms with van der Waals surface area (Å²) < 4.78 is 0. The van der Waals surface area contributed by atoms with E-state index in [4.69, 9.17) is 0 Å². The Morgan fingerprint density at radius 1 is 1.11 bits per heavy atom. The zero-order chi connectivity index (χ0) is 19.3.